The highest BCUT2D eigenvalue weighted by Gasteiger charge is 2.32. The molecule has 0 bridgehead atoms. The van der Waals surface area contributed by atoms with E-state index in [0.717, 1.165) is 12.8 Å². The van der Waals surface area contributed by atoms with E-state index in [2.05, 4.69) is 5.32 Å². The summed E-state index contributed by atoms with van der Waals surface area (Å²) in [6, 6.07) is 6.21. The highest BCUT2D eigenvalue weighted by atomic mass is 32.2. The number of morpholine rings is 1. The number of sulfonamides is 1. The molecule has 0 aliphatic carbocycles. The largest absolute Gasteiger partial charge is 0.373 e. The van der Waals surface area contributed by atoms with E-state index >= 15 is 0 Å². The highest BCUT2D eigenvalue weighted by Crippen LogP contribution is 2.21. The Morgan fingerprint density at radius 2 is 1.96 bits per heavy atom. The van der Waals surface area contributed by atoms with E-state index < -0.39 is 10.0 Å². The molecule has 0 saturated carbocycles. The number of amides is 1. The molecule has 0 radical (unpaired) electrons. The maximum Gasteiger partial charge on any atom is 0.251 e. The summed E-state index contributed by atoms with van der Waals surface area (Å²) in [4.78, 5) is 12.3. The maximum absolute atomic E-state index is 12.9. The predicted molar refractivity (Wildman–Crippen MR) is 92.5 cm³/mol. The van der Waals surface area contributed by atoms with Crippen LogP contribution in [0.5, 0.6) is 0 Å². The highest BCUT2D eigenvalue weighted by molar-refractivity contribution is 7.89. The molecule has 0 spiro atoms. The van der Waals surface area contributed by atoms with E-state index in [9.17, 15) is 13.2 Å². The topological polar surface area (TPSA) is 75.7 Å². The van der Waals surface area contributed by atoms with Crippen molar-refractivity contribution in [2.75, 3.05) is 19.6 Å². The number of hydrogen-bond acceptors (Lipinski definition) is 4. The van der Waals surface area contributed by atoms with E-state index in [1.54, 1.807) is 12.1 Å². The average molecular weight is 354 g/mol. The lowest BCUT2D eigenvalue weighted by atomic mass is 10.2. The summed E-state index contributed by atoms with van der Waals surface area (Å²) in [5, 5.41) is 2.80. The van der Waals surface area contributed by atoms with Crippen LogP contribution < -0.4 is 5.32 Å². The smallest absolute Gasteiger partial charge is 0.251 e. The fourth-order valence-corrected chi connectivity index (χ4v) is 4.39. The third-order valence-electron chi connectivity index (χ3n) is 3.94. The van der Waals surface area contributed by atoms with Crippen LogP contribution in [0, 0.1) is 0 Å². The van der Waals surface area contributed by atoms with E-state index in [-0.39, 0.29) is 23.0 Å². The molecule has 1 saturated heterocycles. The van der Waals surface area contributed by atoms with Crippen molar-refractivity contribution in [2.24, 2.45) is 0 Å². The molecule has 1 aromatic rings. The van der Waals surface area contributed by atoms with Gasteiger partial charge in [0.15, 0.2) is 0 Å². The molecule has 2 rings (SSSR count). The SMILES string of the molecule is CCCCNC(=O)c1cccc(S(=O)(=O)N2C[C@@H](C)O[C@@H](C)C2)c1. The number of carbonyl (C=O) groups excluding carboxylic acids is 1. The number of unbranched alkanes of at least 4 members (excludes halogenated alkanes) is 1. The van der Waals surface area contributed by atoms with Crippen LogP contribution in [0.2, 0.25) is 0 Å². The zero-order chi connectivity index (χ0) is 17.7. The zero-order valence-corrected chi connectivity index (χ0v) is 15.3. The summed E-state index contributed by atoms with van der Waals surface area (Å²) >= 11 is 0. The second-order valence-electron chi connectivity index (χ2n) is 6.22. The summed E-state index contributed by atoms with van der Waals surface area (Å²) in [7, 11) is -3.64. The normalized spacial score (nSPS) is 22.3. The lowest BCUT2D eigenvalue weighted by Crippen LogP contribution is -2.48. The number of hydrogen-bond donors (Lipinski definition) is 1. The van der Waals surface area contributed by atoms with Crippen LogP contribution in [0.1, 0.15) is 44.0 Å². The van der Waals surface area contributed by atoms with Crippen LogP contribution in [0.4, 0.5) is 0 Å². The molecule has 2 atom stereocenters. The number of benzene rings is 1. The first kappa shape index (κ1) is 18.9. The molecule has 1 N–H and O–H groups in total. The summed E-state index contributed by atoms with van der Waals surface area (Å²) < 4.78 is 32.7. The Balaban J connectivity index is 2.18. The van der Waals surface area contributed by atoms with Crippen molar-refractivity contribution in [1.29, 1.82) is 0 Å². The van der Waals surface area contributed by atoms with Crippen molar-refractivity contribution < 1.29 is 17.9 Å². The average Bonchev–Trinajstić information content (AvgIpc) is 2.54. The van der Waals surface area contributed by atoms with Crippen LogP contribution in [0.3, 0.4) is 0 Å². The van der Waals surface area contributed by atoms with Crippen LogP contribution in [-0.2, 0) is 14.8 Å². The standard InChI is InChI=1S/C17H26N2O4S/c1-4-5-9-18-17(20)15-7-6-8-16(10-15)24(21,22)19-11-13(2)23-14(3)12-19/h6-8,10,13-14H,4-5,9,11-12H2,1-3H3,(H,18,20)/t13-,14+. The molecule has 1 amide bonds. The zero-order valence-electron chi connectivity index (χ0n) is 14.5. The van der Waals surface area contributed by atoms with Crippen molar-refractivity contribution in [1.82, 2.24) is 9.62 Å². The Bertz CT molecular complexity index is 665. The number of carbonyl (C=O) groups is 1. The Morgan fingerprint density at radius 3 is 2.58 bits per heavy atom. The number of ether oxygens (including phenoxy) is 1. The van der Waals surface area contributed by atoms with Gasteiger partial charge in [-0.1, -0.05) is 19.4 Å². The van der Waals surface area contributed by atoms with Gasteiger partial charge in [-0.15, -0.1) is 0 Å². The molecule has 1 fully saturated rings. The van der Waals surface area contributed by atoms with Gasteiger partial charge in [-0.05, 0) is 38.5 Å². The maximum atomic E-state index is 12.9. The molecule has 0 aromatic heterocycles. The minimum Gasteiger partial charge on any atom is -0.373 e. The van der Waals surface area contributed by atoms with Gasteiger partial charge in [-0.3, -0.25) is 4.79 Å². The van der Waals surface area contributed by atoms with Crippen molar-refractivity contribution in [2.45, 2.75) is 50.7 Å². The Morgan fingerprint density at radius 1 is 1.29 bits per heavy atom. The first-order chi connectivity index (χ1) is 11.3. The van der Waals surface area contributed by atoms with Gasteiger partial charge in [-0.2, -0.15) is 4.31 Å². The van der Waals surface area contributed by atoms with Gasteiger partial charge in [-0.25, -0.2) is 8.42 Å². The predicted octanol–water partition coefficient (Wildman–Crippen LogP) is 2.01. The first-order valence-corrected chi connectivity index (χ1v) is 9.82. The minimum atomic E-state index is -3.64. The quantitative estimate of drug-likeness (QED) is 0.793. The lowest BCUT2D eigenvalue weighted by molar-refractivity contribution is -0.0440. The third kappa shape index (κ3) is 4.55. The van der Waals surface area contributed by atoms with Crippen molar-refractivity contribution in [3.8, 4) is 0 Å². The molecular formula is C17H26N2O4S. The van der Waals surface area contributed by atoms with Crippen LogP contribution in [0.15, 0.2) is 29.2 Å². The molecule has 6 nitrogen and oxygen atoms in total. The molecule has 0 unspecified atom stereocenters. The second kappa shape index (κ2) is 8.09. The monoisotopic (exact) mass is 354 g/mol. The fraction of sp³-hybridized carbons (Fsp3) is 0.588. The molecule has 1 aromatic carbocycles. The van der Waals surface area contributed by atoms with Crippen LogP contribution >= 0.6 is 0 Å². The lowest BCUT2D eigenvalue weighted by Gasteiger charge is -2.34. The van der Waals surface area contributed by atoms with Crippen molar-refractivity contribution in [3.63, 3.8) is 0 Å². The fourth-order valence-electron chi connectivity index (χ4n) is 2.75. The third-order valence-corrected chi connectivity index (χ3v) is 5.76. The molecular weight excluding hydrogens is 328 g/mol. The van der Waals surface area contributed by atoms with Crippen molar-refractivity contribution in [3.05, 3.63) is 29.8 Å². The minimum absolute atomic E-state index is 0.145. The summed E-state index contributed by atoms with van der Waals surface area (Å²) in [5.41, 5.74) is 0.363. The van der Waals surface area contributed by atoms with Gasteiger partial charge < -0.3 is 10.1 Å². The van der Waals surface area contributed by atoms with E-state index in [0.29, 0.717) is 25.2 Å². The molecule has 1 heterocycles. The number of nitrogens with one attached hydrogen (secondary N) is 1. The number of rotatable bonds is 6. The van der Waals surface area contributed by atoms with Crippen LogP contribution in [-0.4, -0.2) is 50.5 Å². The summed E-state index contributed by atoms with van der Waals surface area (Å²) in [6.07, 6.45) is 1.59. The molecule has 1 aliphatic rings. The molecule has 134 valence electrons. The summed E-state index contributed by atoms with van der Waals surface area (Å²) in [5.74, 6) is -0.246. The van der Waals surface area contributed by atoms with Gasteiger partial charge in [0.05, 0.1) is 17.1 Å². The van der Waals surface area contributed by atoms with Gasteiger partial charge in [0, 0.05) is 25.2 Å². The molecule has 1 aliphatic heterocycles. The molecule has 7 heteroatoms. The Kier molecular flexibility index (Phi) is 6.37. The first-order valence-electron chi connectivity index (χ1n) is 8.38. The van der Waals surface area contributed by atoms with Gasteiger partial charge in [0.2, 0.25) is 10.0 Å². The van der Waals surface area contributed by atoms with Gasteiger partial charge >= 0.3 is 0 Å². The van der Waals surface area contributed by atoms with E-state index in [1.165, 1.54) is 16.4 Å². The van der Waals surface area contributed by atoms with Crippen LogP contribution in [0.25, 0.3) is 0 Å². The number of nitrogens with zero attached hydrogens (tertiary/aromatic N) is 1. The van der Waals surface area contributed by atoms with E-state index in [1.807, 2.05) is 20.8 Å². The summed E-state index contributed by atoms with van der Waals surface area (Å²) in [6.45, 7) is 6.99. The second-order valence-corrected chi connectivity index (χ2v) is 8.15. The van der Waals surface area contributed by atoms with Crippen molar-refractivity contribution >= 4 is 15.9 Å². The van der Waals surface area contributed by atoms with Gasteiger partial charge in [0.1, 0.15) is 0 Å². The van der Waals surface area contributed by atoms with Gasteiger partial charge in [0.25, 0.3) is 5.91 Å². The Hall–Kier alpha value is -1.44. The van der Waals surface area contributed by atoms with E-state index in [4.69, 9.17) is 4.74 Å². The molecule has 24 heavy (non-hydrogen) atoms. The Labute approximate surface area is 144 Å².